The van der Waals surface area contributed by atoms with Crippen molar-refractivity contribution in [3.63, 3.8) is 0 Å². The van der Waals surface area contributed by atoms with Gasteiger partial charge in [0.1, 0.15) is 0 Å². The highest BCUT2D eigenvalue weighted by molar-refractivity contribution is 5.80. The van der Waals surface area contributed by atoms with Gasteiger partial charge in [0, 0.05) is 25.2 Å². The van der Waals surface area contributed by atoms with Crippen LogP contribution in [0.2, 0.25) is 0 Å². The van der Waals surface area contributed by atoms with Crippen molar-refractivity contribution in [1.29, 1.82) is 0 Å². The number of hydrogen-bond donors (Lipinski definition) is 2. The van der Waals surface area contributed by atoms with Crippen LogP contribution >= 0.6 is 0 Å². The molecular weight excluding hydrogens is 216 g/mol. The number of hydrogen-bond acceptors (Lipinski definition) is 3. The second-order valence-corrected chi connectivity index (χ2v) is 5.33. The van der Waals surface area contributed by atoms with E-state index in [1.54, 1.807) is 0 Å². The van der Waals surface area contributed by atoms with E-state index in [-0.39, 0.29) is 12.5 Å². The lowest BCUT2D eigenvalue weighted by atomic mass is 9.89. The van der Waals surface area contributed by atoms with Crippen molar-refractivity contribution in [3.8, 4) is 0 Å². The molecule has 2 N–H and O–H groups in total. The van der Waals surface area contributed by atoms with Crippen molar-refractivity contribution in [3.05, 3.63) is 0 Å². The smallest absolute Gasteiger partial charge is 0.227 e. The fraction of sp³-hybridized carbons (Fsp3) is 0.923. The molecule has 2 aliphatic rings. The summed E-state index contributed by atoms with van der Waals surface area (Å²) in [6.07, 6.45) is 5.20. The van der Waals surface area contributed by atoms with Crippen LogP contribution in [0.25, 0.3) is 0 Å². The van der Waals surface area contributed by atoms with Crippen LogP contribution in [0.3, 0.4) is 0 Å². The van der Waals surface area contributed by atoms with Crippen molar-refractivity contribution in [2.45, 2.75) is 51.1 Å². The van der Waals surface area contributed by atoms with Gasteiger partial charge in [-0.3, -0.25) is 4.79 Å². The summed E-state index contributed by atoms with van der Waals surface area (Å²) in [6.45, 7) is 3.95. The third kappa shape index (κ3) is 2.80. The molecule has 1 aliphatic carbocycles. The molecule has 2 fully saturated rings. The number of aliphatic hydroxyl groups excluding tert-OH is 1. The van der Waals surface area contributed by atoms with Gasteiger partial charge < -0.3 is 15.3 Å². The average Bonchev–Trinajstić information content (AvgIpc) is 2.67. The molecule has 2 atom stereocenters. The molecule has 17 heavy (non-hydrogen) atoms. The molecule has 1 amide bonds. The largest absolute Gasteiger partial charge is 0.396 e. The maximum atomic E-state index is 12.5. The molecule has 1 saturated carbocycles. The van der Waals surface area contributed by atoms with Gasteiger partial charge in [0.25, 0.3) is 0 Å². The number of carbonyl (C=O) groups is 1. The maximum absolute atomic E-state index is 12.5. The topological polar surface area (TPSA) is 52.6 Å². The van der Waals surface area contributed by atoms with Crippen LogP contribution in [0.5, 0.6) is 0 Å². The number of nitrogens with zero attached hydrogens (tertiary/aromatic N) is 1. The van der Waals surface area contributed by atoms with Crippen LogP contribution < -0.4 is 5.32 Å². The van der Waals surface area contributed by atoms with Crippen LogP contribution in [0.4, 0.5) is 0 Å². The number of carbonyl (C=O) groups excluding carboxylic acids is 1. The standard InChI is InChI=1S/C13H24N2O2/c1-10-12(6-7-14-10)13(17)15(8-3-9-16)11-4-2-5-11/h10-12,14,16H,2-9H2,1H3. The van der Waals surface area contributed by atoms with Crippen LogP contribution in [0.15, 0.2) is 0 Å². The fourth-order valence-electron chi connectivity index (χ4n) is 2.82. The molecule has 1 aliphatic heterocycles. The van der Waals surface area contributed by atoms with E-state index in [0.717, 1.165) is 32.4 Å². The first kappa shape index (κ1) is 12.8. The van der Waals surface area contributed by atoms with Crippen LogP contribution in [-0.4, -0.2) is 47.7 Å². The van der Waals surface area contributed by atoms with E-state index >= 15 is 0 Å². The summed E-state index contributed by atoms with van der Waals surface area (Å²) < 4.78 is 0. The van der Waals surface area contributed by atoms with E-state index in [1.165, 1.54) is 6.42 Å². The normalized spacial score (nSPS) is 29.1. The summed E-state index contributed by atoms with van der Waals surface area (Å²) in [4.78, 5) is 14.5. The molecule has 0 aromatic carbocycles. The first-order valence-electron chi connectivity index (χ1n) is 6.88. The van der Waals surface area contributed by atoms with E-state index in [1.807, 2.05) is 4.90 Å². The summed E-state index contributed by atoms with van der Waals surface area (Å²) in [5.74, 6) is 0.454. The molecule has 4 nitrogen and oxygen atoms in total. The van der Waals surface area contributed by atoms with E-state index in [9.17, 15) is 4.79 Å². The minimum atomic E-state index is 0.147. The molecule has 1 saturated heterocycles. The molecule has 0 spiro atoms. The summed E-state index contributed by atoms with van der Waals surface area (Å²) in [5.41, 5.74) is 0. The Morgan fingerprint density at radius 2 is 2.18 bits per heavy atom. The summed E-state index contributed by atoms with van der Waals surface area (Å²) in [6, 6.07) is 0.751. The highest BCUT2D eigenvalue weighted by atomic mass is 16.3. The lowest BCUT2D eigenvalue weighted by molar-refractivity contribution is -0.140. The Labute approximate surface area is 103 Å². The van der Waals surface area contributed by atoms with Gasteiger partial charge in [0.2, 0.25) is 5.91 Å². The Morgan fingerprint density at radius 1 is 1.41 bits per heavy atom. The van der Waals surface area contributed by atoms with Crippen LogP contribution in [0.1, 0.15) is 39.0 Å². The van der Waals surface area contributed by atoms with Gasteiger partial charge >= 0.3 is 0 Å². The molecule has 1 heterocycles. The third-order valence-corrected chi connectivity index (χ3v) is 4.20. The fourth-order valence-corrected chi connectivity index (χ4v) is 2.82. The van der Waals surface area contributed by atoms with Crippen molar-refractivity contribution >= 4 is 5.91 Å². The molecule has 0 radical (unpaired) electrons. The van der Waals surface area contributed by atoms with Gasteiger partial charge in [-0.15, -0.1) is 0 Å². The highest BCUT2D eigenvalue weighted by Gasteiger charge is 2.36. The van der Waals surface area contributed by atoms with Gasteiger partial charge in [-0.05, 0) is 45.6 Å². The highest BCUT2D eigenvalue weighted by Crippen LogP contribution is 2.28. The predicted molar refractivity (Wildman–Crippen MR) is 66.6 cm³/mol. The minimum absolute atomic E-state index is 0.147. The van der Waals surface area contributed by atoms with E-state index in [0.29, 0.717) is 24.4 Å². The van der Waals surface area contributed by atoms with Gasteiger partial charge in [-0.1, -0.05) is 0 Å². The molecule has 2 rings (SSSR count). The molecule has 0 aromatic rings. The van der Waals surface area contributed by atoms with Gasteiger partial charge in [-0.25, -0.2) is 0 Å². The molecule has 0 aromatic heterocycles. The molecule has 98 valence electrons. The van der Waals surface area contributed by atoms with Crippen molar-refractivity contribution in [2.75, 3.05) is 19.7 Å². The van der Waals surface area contributed by atoms with Gasteiger partial charge in [-0.2, -0.15) is 0 Å². The first-order valence-corrected chi connectivity index (χ1v) is 6.88. The van der Waals surface area contributed by atoms with Gasteiger partial charge in [0.05, 0.1) is 5.92 Å². The van der Waals surface area contributed by atoms with E-state index in [2.05, 4.69) is 12.2 Å². The first-order chi connectivity index (χ1) is 8.24. The molecule has 0 bridgehead atoms. The van der Waals surface area contributed by atoms with Crippen molar-refractivity contribution < 1.29 is 9.90 Å². The monoisotopic (exact) mass is 240 g/mol. The second kappa shape index (κ2) is 5.83. The van der Waals surface area contributed by atoms with E-state index < -0.39 is 0 Å². The van der Waals surface area contributed by atoms with Crippen LogP contribution in [0, 0.1) is 5.92 Å². The second-order valence-electron chi connectivity index (χ2n) is 5.33. The van der Waals surface area contributed by atoms with Crippen molar-refractivity contribution in [2.24, 2.45) is 5.92 Å². The maximum Gasteiger partial charge on any atom is 0.227 e. The lowest BCUT2D eigenvalue weighted by Gasteiger charge is -2.39. The van der Waals surface area contributed by atoms with Crippen LogP contribution in [-0.2, 0) is 4.79 Å². The molecule has 4 heteroatoms. The summed E-state index contributed by atoms with van der Waals surface area (Å²) in [5, 5.41) is 12.3. The lowest BCUT2D eigenvalue weighted by Crippen LogP contribution is -2.49. The Hall–Kier alpha value is -0.610. The Kier molecular flexibility index (Phi) is 4.40. The predicted octanol–water partition coefficient (Wildman–Crippen LogP) is 0.748. The zero-order valence-electron chi connectivity index (χ0n) is 10.7. The SMILES string of the molecule is CC1NCCC1C(=O)N(CCCO)C1CCC1. The number of aliphatic hydroxyl groups is 1. The Balaban J connectivity index is 1.95. The zero-order chi connectivity index (χ0) is 12.3. The summed E-state index contributed by atoms with van der Waals surface area (Å²) >= 11 is 0. The number of amides is 1. The quantitative estimate of drug-likeness (QED) is 0.745. The number of rotatable bonds is 5. The third-order valence-electron chi connectivity index (χ3n) is 4.20. The Morgan fingerprint density at radius 3 is 2.65 bits per heavy atom. The summed E-state index contributed by atoms with van der Waals surface area (Å²) in [7, 11) is 0. The minimum Gasteiger partial charge on any atom is -0.396 e. The van der Waals surface area contributed by atoms with Crippen molar-refractivity contribution in [1.82, 2.24) is 10.2 Å². The average molecular weight is 240 g/mol. The van der Waals surface area contributed by atoms with E-state index in [4.69, 9.17) is 5.11 Å². The Bertz CT molecular complexity index is 266. The zero-order valence-corrected chi connectivity index (χ0v) is 10.7. The molecular formula is C13H24N2O2. The van der Waals surface area contributed by atoms with Gasteiger partial charge in [0.15, 0.2) is 0 Å². The molecule has 2 unspecified atom stereocenters. The number of nitrogens with one attached hydrogen (secondary N) is 1.